The number of aliphatic imine (C=N–C) groups is 1. The molecule has 0 aliphatic carbocycles. The Bertz CT molecular complexity index is 654. The molecule has 1 amide bonds. The molecular weight excluding hydrogens is 491 g/mol. The minimum atomic E-state index is 0. The summed E-state index contributed by atoms with van der Waals surface area (Å²) in [5, 5.41) is 6.90. The maximum atomic E-state index is 12.1. The number of nitrogens with one attached hydrogen (secondary N) is 2. The van der Waals surface area contributed by atoms with Gasteiger partial charge in [-0.15, -0.1) is 24.0 Å². The van der Waals surface area contributed by atoms with Crippen LogP contribution in [0, 0.1) is 11.8 Å². The van der Waals surface area contributed by atoms with Crippen LogP contribution >= 0.6 is 24.0 Å². The Morgan fingerprint density at radius 2 is 1.80 bits per heavy atom. The Labute approximate surface area is 199 Å². The predicted molar refractivity (Wildman–Crippen MR) is 135 cm³/mol. The van der Waals surface area contributed by atoms with Crippen molar-refractivity contribution in [3.8, 4) is 5.75 Å². The van der Waals surface area contributed by atoms with Crippen LogP contribution in [0.15, 0.2) is 29.3 Å². The molecule has 0 aromatic heterocycles. The molecule has 0 unspecified atom stereocenters. The van der Waals surface area contributed by atoms with Crippen molar-refractivity contribution >= 4 is 35.8 Å². The Morgan fingerprint density at radius 3 is 2.33 bits per heavy atom. The SMILES string of the molecule is CN=C(NCCc1ccc(OCC(C)C)cc1)NC1CCN(C(=O)C(C)C)CC1.I. The van der Waals surface area contributed by atoms with E-state index in [0.29, 0.717) is 12.0 Å². The molecule has 1 fully saturated rings. The lowest BCUT2D eigenvalue weighted by Gasteiger charge is -2.34. The molecule has 0 atom stereocenters. The number of hydrogen-bond donors (Lipinski definition) is 2. The molecule has 1 aliphatic rings. The molecule has 1 saturated heterocycles. The molecular formula is C23H39IN4O2. The third-order valence-electron chi connectivity index (χ3n) is 5.08. The number of carbonyl (C=O) groups excluding carboxylic acids is 1. The van der Waals surface area contributed by atoms with E-state index in [-0.39, 0.29) is 35.8 Å². The Kier molecular flexibility index (Phi) is 12.1. The van der Waals surface area contributed by atoms with Crippen molar-refractivity contribution in [2.24, 2.45) is 16.8 Å². The Morgan fingerprint density at radius 1 is 1.17 bits per heavy atom. The van der Waals surface area contributed by atoms with Crippen LogP contribution in [0.25, 0.3) is 0 Å². The van der Waals surface area contributed by atoms with Crippen LogP contribution in [0.2, 0.25) is 0 Å². The van der Waals surface area contributed by atoms with Gasteiger partial charge in [-0.2, -0.15) is 0 Å². The normalized spacial score (nSPS) is 15.2. The minimum Gasteiger partial charge on any atom is -0.493 e. The number of guanidine groups is 1. The molecule has 1 aromatic rings. The summed E-state index contributed by atoms with van der Waals surface area (Å²) in [7, 11) is 1.80. The second-order valence-electron chi connectivity index (χ2n) is 8.50. The van der Waals surface area contributed by atoms with E-state index in [1.54, 1.807) is 7.05 Å². The maximum absolute atomic E-state index is 12.1. The molecule has 1 heterocycles. The van der Waals surface area contributed by atoms with Crippen molar-refractivity contribution in [1.82, 2.24) is 15.5 Å². The third-order valence-corrected chi connectivity index (χ3v) is 5.08. The van der Waals surface area contributed by atoms with Crippen LogP contribution in [-0.2, 0) is 11.2 Å². The summed E-state index contributed by atoms with van der Waals surface area (Å²) >= 11 is 0. The second-order valence-corrected chi connectivity index (χ2v) is 8.50. The lowest BCUT2D eigenvalue weighted by atomic mass is 10.0. The van der Waals surface area contributed by atoms with Gasteiger partial charge in [0, 0.05) is 38.6 Å². The number of hydrogen-bond acceptors (Lipinski definition) is 3. The lowest BCUT2D eigenvalue weighted by Crippen LogP contribution is -2.50. The molecule has 2 N–H and O–H groups in total. The molecule has 7 heteroatoms. The highest BCUT2D eigenvalue weighted by atomic mass is 127. The standard InChI is InChI=1S/C23H38N4O2.HI/c1-17(2)16-29-21-8-6-19(7-9-21)10-13-25-23(24-5)26-20-11-14-27(15-12-20)22(28)18(3)4;/h6-9,17-18,20H,10-16H2,1-5H3,(H2,24,25,26);1H. The molecule has 0 bridgehead atoms. The first kappa shape index (κ1) is 26.5. The molecule has 0 spiro atoms. The van der Waals surface area contributed by atoms with E-state index in [2.05, 4.69) is 41.6 Å². The average Bonchev–Trinajstić information content (AvgIpc) is 2.72. The van der Waals surface area contributed by atoms with Gasteiger partial charge >= 0.3 is 0 Å². The molecule has 170 valence electrons. The largest absolute Gasteiger partial charge is 0.493 e. The van der Waals surface area contributed by atoms with E-state index in [0.717, 1.165) is 57.2 Å². The van der Waals surface area contributed by atoms with Gasteiger partial charge in [0.1, 0.15) is 5.75 Å². The van der Waals surface area contributed by atoms with Gasteiger partial charge in [0.05, 0.1) is 6.61 Å². The fraction of sp³-hybridized carbons (Fsp3) is 0.652. The number of benzene rings is 1. The molecule has 1 aromatic carbocycles. The zero-order chi connectivity index (χ0) is 21.2. The smallest absolute Gasteiger partial charge is 0.225 e. The molecule has 6 nitrogen and oxygen atoms in total. The summed E-state index contributed by atoms with van der Waals surface area (Å²) in [6.45, 7) is 11.4. The summed E-state index contributed by atoms with van der Waals surface area (Å²) in [5.41, 5.74) is 1.27. The quantitative estimate of drug-likeness (QED) is 0.306. The van der Waals surface area contributed by atoms with Crippen LogP contribution in [0.1, 0.15) is 46.1 Å². The minimum absolute atomic E-state index is 0. The van der Waals surface area contributed by atoms with E-state index in [4.69, 9.17) is 4.74 Å². The number of halogens is 1. The third kappa shape index (κ3) is 9.10. The van der Waals surface area contributed by atoms with E-state index in [1.165, 1.54) is 5.56 Å². The van der Waals surface area contributed by atoms with Gasteiger partial charge in [0.2, 0.25) is 5.91 Å². The van der Waals surface area contributed by atoms with Crippen LogP contribution in [-0.4, -0.2) is 56.1 Å². The van der Waals surface area contributed by atoms with Gasteiger partial charge in [-0.3, -0.25) is 9.79 Å². The van der Waals surface area contributed by atoms with Gasteiger partial charge in [0.15, 0.2) is 5.96 Å². The van der Waals surface area contributed by atoms with Crippen molar-refractivity contribution < 1.29 is 9.53 Å². The van der Waals surface area contributed by atoms with Gasteiger partial charge in [-0.05, 0) is 42.9 Å². The fourth-order valence-corrected chi connectivity index (χ4v) is 3.34. The van der Waals surface area contributed by atoms with Gasteiger partial charge < -0.3 is 20.3 Å². The van der Waals surface area contributed by atoms with E-state index in [9.17, 15) is 4.79 Å². The lowest BCUT2D eigenvalue weighted by molar-refractivity contribution is -0.135. The second kappa shape index (κ2) is 13.7. The Hall–Kier alpha value is -1.51. The number of carbonyl (C=O) groups is 1. The van der Waals surface area contributed by atoms with Crippen LogP contribution < -0.4 is 15.4 Å². The number of rotatable bonds is 8. The van der Waals surface area contributed by atoms with Crippen molar-refractivity contribution in [2.45, 2.75) is 53.0 Å². The number of likely N-dealkylation sites (tertiary alicyclic amines) is 1. The zero-order valence-electron chi connectivity index (χ0n) is 19.1. The van der Waals surface area contributed by atoms with Crippen molar-refractivity contribution in [1.29, 1.82) is 0 Å². The molecule has 1 aliphatic heterocycles. The Balaban J connectivity index is 0.00000450. The first-order valence-corrected chi connectivity index (χ1v) is 10.9. The molecule has 30 heavy (non-hydrogen) atoms. The van der Waals surface area contributed by atoms with Gasteiger partial charge in [-0.1, -0.05) is 39.8 Å². The first-order chi connectivity index (χ1) is 13.9. The molecule has 0 saturated carbocycles. The summed E-state index contributed by atoms with van der Waals surface area (Å²) in [6, 6.07) is 8.67. The highest BCUT2D eigenvalue weighted by molar-refractivity contribution is 14.0. The number of amides is 1. The van der Waals surface area contributed by atoms with Crippen molar-refractivity contribution in [3.63, 3.8) is 0 Å². The van der Waals surface area contributed by atoms with Gasteiger partial charge in [0.25, 0.3) is 0 Å². The zero-order valence-corrected chi connectivity index (χ0v) is 21.4. The monoisotopic (exact) mass is 530 g/mol. The fourth-order valence-electron chi connectivity index (χ4n) is 3.34. The predicted octanol–water partition coefficient (Wildman–Crippen LogP) is 3.69. The van der Waals surface area contributed by atoms with Crippen molar-refractivity contribution in [2.75, 3.05) is 33.3 Å². The van der Waals surface area contributed by atoms with Crippen LogP contribution in [0.3, 0.4) is 0 Å². The van der Waals surface area contributed by atoms with E-state index in [1.807, 2.05) is 30.9 Å². The highest BCUT2D eigenvalue weighted by Gasteiger charge is 2.24. The first-order valence-electron chi connectivity index (χ1n) is 10.9. The summed E-state index contributed by atoms with van der Waals surface area (Å²) in [4.78, 5) is 18.4. The van der Waals surface area contributed by atoms with Crippen molar-refractivity contribution in [3.05, 3.63) is 29.8 Å². The number of ether oxygens (including phenoxy) is 1. The summed E-state index contributed by atoms with van der Waals surface area (Å²) < 4.78 is 5.73. The molecule has 0 radical (unpaired) electrons. The number of nitrogens with zero attached hydrogens (tertiary/aromatic N) is 2. The van der Waals surface area contributed by atoms with Crippen LogP contribution in [0.5, 0.6) is 5.75 Å². The maximum Gasteiger partial charge on any atom is 0.225 e. The van der Waals surface area contributed by atoms with E-state index < -0.39 is 0 Å². The topological polar surface area (TPSA) is 66.0 Å². The summed E-state index contributed by atoms with van der Waals surface area (Å²) in [6.07, 6.45) is 2.83. The highest BCUT2D eigenvalue weighted by Crippen LogP contribution is 2.14. The van der Waals surface area contributed by atoms with Gasteiger partial charge in [-0.25, -0.2) is 0 Å². The van der Waals surface area contributed by atoms with Crippen LogP contribution in [0.4, 0.5) is 0 Å². The number of piperidine rings is 1. The van der Waals surface area contributed by atoms with E-state index >= 15 is 0 Å². The average molecular weight is 530 g/mol. The summed E-state index contributed by atoms with van der Waals surface area (Å²) in [5.74, 6) is 2.61. The molecule has 2 rings (SSSR count).